The topological polar surface area (TPSA) is 55.7 Å². The highest BCUT2D eigenvalue weighted by Crippen LogP contribution is 2.08. The van der Waals surface area contributed by atoms with E-state index in [0.717, 1.165) is 6.54 Å². The van der Waals surface area contributed by atoms with Gasteiger partial charge in [0.15, 0.2) is 0 Å². The summed E-state index contributed by atoms with van der Waals surface area (Å²) in [7, 11) is 3.79. The lowest BCUT2D eigenvalue weighted by molar-refractivity contribution is -0.0443. The number of piperidine rings is 1. The van der Waals surface area contributed by atoms with Crippen LogP contribution in [0.3, 0.4) is 0 Å². The molecule has 66 valence electrons. The van der Waals surface area contributed by atoms with Crippen LogP contribution in [-0.2, 0) is 0 Å². The predicted octanol–water partition coefficient (Wildman–Crippen LogP) is -1.76. The minimum atomic E-state index is -0.629. The quantitative estimate of drug-likeness (QED) is 0.425. The lowest BCUT2D eigenvalue weighted by atomic mass is 10.0. The van der Waals surface area contributed by atoms with Crippen molar-refractivity contribution in [2.75, 3.05) is 27.2 Å². The first kappa shape index (κ1) is 8.93. The van der Waals surface area contributed by atoms with Gasteiger partial charge in [-0.3, -0.25) is 0 Å². The van der Waals surface area contributed by atoms with Gasteiger partial charge in [0.1, 0.15) is 0 Å². The van der Waals surface area contributed by atoms with Gasteiger partial charge < -0.3 is 20.4 Å². The Labute approximate surface area is 66.8 Å². The van der Waals surface area contributed by atoms with E-state index in [0.29, 0.717) is 6.54 Å². The predicted molar refractivity (Wildman–Crippen MR) is 42.4 cm³/mol. The summed E-state index contributed by atoms with van der Waals surface area (Å²) in [5.41, 5.74) is 0. The second-order valence-electron chi connectivity index (χ2n) is 3.25. The number of β-amino-alcohol motifs (C(OH)–C–C–N with tert-alkyl or cyclic N) is 1. The van der Waals surface area contributed by atoms with E-state index in [1.807, 2.05) is 19.0 Å². The Morgan fingerprint density at radius 1 is 1.27 bits per heavy atom. The average Bonchev–Trinajstić information content (AvgIpc) is 1.94. The van der Waals surface area contributed by atoms with E-state index in [9.17, 15) is 10.2 Å². The van der Waals surface area contributed by atoms with Gasteiger partial charge in [-0.25, -0.2) is 0 Å². The number of aliphatic hydroxyl groups is 2. The molecule has 1 rings (SSSR count). The second kappa shape index (κ2) is 3.49. The Bertz CT molecular complexity index is 130. The van der Waals surface area contributed by atoms with Crippen molar-refractivity contribution in [3.05, 3.63) is 0 Å². The number of hydrogen-bond donors (Lipinski definition) is 3. The maximum absolute atomic E-state index is 9.48. The van der Waals surface area contributed by atoms with Crippen LogP contribution in [0.1, 0.15) is 0 Å². The molecule has 3 N–H and O–H groups in total. The molecule has 0 unspecified atom stereocenters. The van der Waals surface area contributed by atoms with Crippen LogP contribution in [0.4, 0.5) is 0 Å². The van der Waals surface area contributed by atoms with Crippen molar-refractivity contribution in [2.45, 2.75) is 18.2 Å². The standard InChI is InChI=1S/C7H16N2O2/c1-9(2)5-3-8-4-6(10)7(5)11/h5-8,10-11H,3-4H2,1-2H3/t5-,6+,7-/m0/s1. The number of rotatable bonds is 1. The first-order valence-corrected chi connectivity index (χ1v) is 3.86. The highest BCUT2D eigenvalue weighted by molar-refractivity contribution is 4.88. The molecule has 0 spiro atoms. The van der Waals surface area contributed by atoms with Gasteiger partial charge in [0, 0.05) is 13.1 Å². The molecule has 0 radical (unpaired) electrons. The molecule has 1 fully saturated rings. The van der Waals surface area contributed by atoms with Gasteiger partial charge in [0.2, 0.25) is 0 Å². The lowest BCUT2D eigenvalue weighted by Gasteiger charge is -2.36. The molecular formula is C7H16N2O2. The van der Waals surface area contributed by atoms with Gasteiger partial charge in [-0.2, -0.15) is 0 Å². The van der Waals surface area contributed by atoms with E-state index in [1.54, 1.807) is 0 Å². The molecule has 1 heterocycles. The molecule has 0 amide bonds. The molecule has 1 aliphatic rings. The fourth-order valence-electron chi connectivity index (χ4n) is 1.37. The molecule has 0 saturated carbocycles. The molecule has 4 heteroatoms. The lowest BCUT2D eigenvalue weighted by Crippen LogP contribution is -2.58. The van der Waals surface area contributed by atoms with E-state index in [4.69, 9.17) is 0 Å². The maximum Gasteiger partial charge on any atom is 0.0978 e. The van der Waals surface area contributed by atoms with Gasteiger partial charge in [-0.15, -0.1) is 0 Å². The van der Waals surface area contributed by atoms with Crippen LogP contribution in [0.2, 0.25) is 0 Å². The minimum Gasteiger partial charge on any atom is -0.389 e. The van der Waals surface area contributed by atoms with Crippen LogP contribution in [0.25, 0.3) is 0 Å². The Balaban J connectivity index is 2.51. The summed E-state index contributed by atoms with van der Waals surface area (Å²) in [6.07, 6.45) is -1.25. The van der Waals surface area contributed by atoms with Crippen molar-refractivity contribution >= 4 is 0 Å². The second-order valence-corrected chi connectivity index (χ2v) is 3.25. The molecule has 0 aromatic rings. The third kappa shape index (κ3) is 1.90. The summed E-state index contributed by atoms with van der Waals surface area (Å²) in [6.45, 7) is 1.23. The minimum absolute atomic E-state index is 0.0266. The van der Waals surface area contributed by atoms with E-state index in [-0.39, 0.29) is 6.04 Å². The zero-order chi connectivity index (χ0) is 8.43. The largest absolute Gasteiger partial charge is 0.389 e. The average molecular weight is 160 g/mol. The van der Waals surface area contributed by atoms with Crippen LogP contribution in [0.5, 0.6) is 0 Å². The molecule has 0 aromatic heterocycles. The molecule has 0 aliphatic carbocycles. The molecular weight excluding hydrogens is 144 g/mol. The van der Waals surface area contributed by atoms with E-state index in [1.165, 1.54) is 0 Å². The van der Waals surface area contributed by atoms with Gasteiger partial charge in [-0.1, -0.05) is 0 Å². The van der Waals surface area contributed by atoms with Crippen molar-refractivity contribution in [2.24, 2.45) is 0 Å². The zero-order valence-electron chi connectivity index (χ0n) is 6.99. The molecule has 1 saturated heterocycles. The monoisotopic (exact) mass is 160 g/mol. The summed E-state index contributed by atoms with van der Waals surface area (Å²) in [5.74, 6) is 0. The van der Waals surface area contributed by atoms with Gasteiger partial charge in [-0.05, 0) is 14.1 Å². The Morgan fingerprint density at radius 2 is 1.91 bits per heavy atom. The number of nitrogens with zero attached hydrogens (tertiary/aromatic N) is 1. The van der Waals surface area contributed by atoms with Crippen molar-refractivity contribution in [3.8, 4) is 0 Å². The third-order valence-corrected chi connectivity index (χ3v) is 2.16. The van der Waals surface area contributed by atoms with Crippen molar-refractivity contribution in [1.82, 2.24) is 10.2 Å². The first-order valence-electron chi connectivity index (χ1n) is 3.86. The summed E-state index contributed by atoms with van der Waals surface area (Å²) >= 11 is 0. The molecule has 4 nitrogen and oxygen atoms in total. The van der Waals surface area contributed by atoms with Gasteiger partial charge in [0.25, 0.3) is 0 Å². The fraction of sp³-hybridized carbons (Fsp3) is 1.00. The van der Waals surface area contributed by atoms with Crippen molar-refractivity contribution < 1.29 is 10.2 Å². The van der Waals surface area contributed by atoms with Gasteiger partial charge in [0.05, 0.1) is 18.2 Å². The van der Waals surface area contributed by atoms with Crippen LogP contribution in [0.15, 0.2) is 0 Å². The van der Waals surface area contributed by atoms with Crippen LogP contribution in [-0.4, -0.2) is 60.5 Å². The Morgan fingerprint density at radius 3 is 2.36 bits per heavy atom. The van der Waals surface area contributed by atoms with Gasteiger partial charge >= 0.3 is 0 Å². The zero-order valence-corrected chi connectivity index (χ0v) is 6.99. The maximum atomic E-state index is 9.48. The Kier molecular flexibility index (Phi) is 2.84. The first-order chi connectivity index (χ1) is 5.13. The highest BCUT2D eigenvalue weighted by Gasteiger charge is 2.31. The molecule has 0 aromatic carbocycles. The summed E-state index contributed by atoms with van der Waals surface area (Å²) in [4.78, 5) is 1.92. The molecule has 11 heavy (non-hydrogen) atoms. The normalized spacial score (nSPS) is 39.5. The fourth-order valence-corrected chi connectivity index (χ4v) is 1.37. The van der Waals surface area contributed by atoms with E-state index >= 15 is 0 Å². The summed E-state index contributed by atoms with van der Waals surface area (Å²) in [6, 6.07) is 0.0266. The SMILES string of the molecule is CN(C)[C@H]1CNC[C@@H](O)[C@H]1O. The van der Waals surface area contributed by atoms with Crippen molar-refractivity contribution in [3.63, 3.8) is 0 Å². The molecule has 0 bridgehead atoms. The number of nitrogens with one attached hydrogen (secondary N) is 1. The third-order valence-electron chi connectivity index (χ3n) is 2.16. The van der Waals surface area contributed by atoms with E-state index in [2.05, 4.69) is 5.32 Å². The van der Waals surface area contributed by atoms with Crippen LogP contribution in [0, 0.1) is 0 Å². The summed E-state index contributed by atoms with van der Waals surface area (Å²) < 4.78 is 0. The molecule has 1 aliphatic heterocycles. The molecule has 3 atom stereocenters. The number of likely N-dealkylation sites (N-methyl/N-ethyl adjacent to an activating group) is 1. The van der Waals surface area contributed by atoms with E-state index < -0.39 is 12.2 Å². The number of hydrogen-bond acceptors (Lipinski definition) is 4. The smallest absolute Gasteiger partial charge is 0.0978 e. The Hall–Kier alpha value is -0.160. The summed E-state index contributed by atoms with van der Waals surface area (Å²) in [5, 5.41) is 21.8. The number of aliphatic hydroxyl groups excluding tert-OH is 2. The highest BCUT2D eigenvalue weighted by atomic mass is 16.3. The van der Waals surface area contributed by atoms with Crippen LogP contribution >= 0.6 is 0 Å². The van der Waals surface area contributed by atoms with Crippen LogP contribution < -0.4 is 5.32 Å². The van der Waals surface area contributed by atoms with Crippen molar-refractivity contribution in [1.29, 1.82) is 0 Å².